The van der Waals surface area contributed by atoms with E-state index in [0.717, 1.165) is 25.0 Å². The van der Waals surface area contributed by atoms with Gasteiger partial charge in [-0.15, -0.1) is 0 Å². The quantitative estimate of drug-likeness (QED) is 0.911. The Balaban J connectivity index is 1.63. The fourth-order valence-corrected chi connectivity index (χ4v) is 4.38. The maximum atomic E-state index is 11.7. The van der Waals surface area contributed by atoms with Crippen molar-refractivity contribution in [3.05, 3.63) is 36.0 Å². The Kier molecular flexibility index (Phi) is 3.00. The van der Waals surface area contributed by atoms with Crippen LogP contribution in [0.3, 0.4) is 0 Å². The van der Waals surface area contributed by atoms with Crippen molar-refractivity contribution in [1.82, 2.24) is 9.88 Å². The van der Waals surface area contributed by atoms with E-state index < -0.39 is 5.97 Å². The number of nitrogens with one attached hydrogen (secondary N) is 1. The van der Waals surface area contributed by atoms with Gasteiger partial charge < -0.3 is 10.1 Å². The molecule has 21 heavy (non-hydrogen) atoms. The van der Waals surface area contributed by atoms with Gasteiger partial charge >= 0.3 is 5.97 Å². The van der Waals surface area contributed by atoms with Crippen LogP contribution < -0.4 is 0 Å². The molecule has 2 heterocycles. The number of nitrogens with zero attached hydrogens (tertiary/aromatic N) is 1. The first-order valence-electron chi connectivity index (χ1n) is 7.76. The van der Waals surface area contributed by atoms with E-state index in [4.69, 9.17) is 0 Å². The van der Waals surface area contributed by atoms with Crippen LogP contribution in [0.1, 0.15) is 24.8 Å². The second-order valence-corrected chi connectivity index (χ2v) is 6.43. The number of likely N-dealkylation sites (tertiary alicyclic amines) is 1. The number of hydrogen-bond acceptors (Lipinski definition) is 2. The van der Waals surface area contributed by atoms with Crippen LogP contribution >= 0.6 is 0 Å². The Hall–Kier alpha value is -1.81. The summed E-state index contributed by atoms with van der Waals surface area (Å²) in [6.45, 7) is 1.66. The smallest absolute Gasteiger partial charge is 0.321 e. The van der Waals surface area contributed by atoms with Gasteiger partial charge in [0.05, 0.1) is 0 Å². The molecule has 3 unspecified atom stereocenters. The zero-order chi connectivity index (χ0) is 14.4. The molecule has 1 saturated carbocycles. The third kappa shape index (κ3) is 2.05. The molecule has 2 N–H and O–H groups in total. The summed E-state index contributed by atoms with van der Waals surface area (Å²) in [4.78, 5) is 17.2. The molecule has 110 valence electrons. The van der Waals surface area contributed by atoms with Gasteiger partial charge in [-0.05, 0) is 36.3 Å². The van der Waals surface area contributed by atoms with Gasteiger partial charge in [-0.3, -0.25) is 9.69 Å². The Morgan fingerprint density at radius 1 is 1.33 bits per heavy atom. The lowest BCUT2D eigenvalue weighted by molar-refractivity contribution is -0.143. The van der Waals surface area contributed by atoms with Crippen LogP contribution in [-0.2, 0) is 11.3 Å². The lowest BCUT2D eigenvalue weighted by atomic mass is 9.94. The van der Waals surface area contributed by atoms with E-state index in [1.165, 1.54) is 23.8 Å². The Bertz CT molecular complexity index is 678. The summed E-state index contributed by atoms with van der Waals surface area (Å²) in [7, 11) is 0. The molecular weight excluding hydrogens is 264 g/mol. The fraction of sp³-hybridized carbons (Fsp3) is 0.471. The molecular formula is C17H20N2O2. The number of aromatic nitrogens is 1. The van der Waals surface area contributed by atoms with Crippen molar-refractivity contribution >= 4 is 16.9 Å². The molecule has 2 fully saturated rings. The molecule has 2 aliphatic rings. The number of carbonyl (C=O) groups is 1. The number of hydrogen-bond donors (Lipinski definition) is 2. The molecule has 2 aromatic rings. The van der Waals surface area contributed by atoms with E-state index in [1.807, 2.05) is 18.3 Å². The summed E-state index contributed by atoms with van der Waals surface area (Å²) >= 11 is 0. The normalized spacial score (nSPS) is 29.0. The predicted molar refractivity (Wildman–Crippen MR) is 81.0 cm³/mol. The minimum atomic E-state index is -0.649. The summed E-state index contributed by atoms with van der Waals surface area (Å²) in [5.41, 5.74) is 2.33. The number of aliphatic carboxylic acids is 1. The standard InChI is InChI=1S/C17H20N2O2/c20-17(21)16-14-6-3-4-11(14)9-19(16)10-12-8-18-15-7-2-1-5-13(12)15/h1-2,5,7-8,11,14,16,18H,3-4,6,9-10H2,(H,20,21). The second-order valence-electron chi connectivity index (χ2n) is 6.43. The van der Waals surface area contributed by atoms with Gasteiger partial charge in [0.2, 0.25) is 0 Å². The van der Waals surface area contributed by atoms with Gasteiger partial charge in [-0.1, -0.05) is 24.6 Å². The first kappa shape index (κ1) is 12.9. The number of aromatic amines is 1. The molecule has 4 nitrogen and oxygen atoms in total. The summed E-state index contributed by atoms with van der Waals surface area (Å²) in [5.74, 6) is 0.285. The molecule has 0 radical (unpaired) electrons. The van der Waals surface area contributed by atoms with Crippen molar-refractivity contribution in [2.75, 3.05) is 6.54 Å². The molecule has 1 aliphatic heterocycles. The minimum Gasteiger partial charge on any atom is -0.480 e. The minimum absolute atomic E-state index is 0.300. The van der Waals surface area contributed by atoms with Gasteiger partial charge in [0.1, 0.15) is 6.04 Å². The second kappa shape index (κ2) is 4.88. The van der Waals surface area contributed by atoms with Crippen molar-refractivity contribution in [3.63, 3.8) is 0 Å². The highest BCUT2D eigenvalue weighted by molar-refractivity contribution is 5.83. The largest absolute Gasteiger partial charge is 0.480 e. The van der Waals surface area contributed by atoms with E-state index in [9.17, 15) is 9.90 Å². The van der Waals surface area contributed by atoms with E-state index in [2.05, 4.69) is 22.0 Å². The molecule has 1 aromatic carbocycles. The third-order valence-corrected chi connectivity index (χ3v) is 5.29. The first-order valence-corrected chi connectivity index (χ1v) is 7.76. The zero-order valence-electron chi connectivity index (χ0n) is 12.0. The van der Waals surface area contributed by atoms with Crippen LogP contribution in [0.25, 0.3) is 10.9 Å². The summed E-state index contributed by atoms with van der Waals surface area (Å²) in [6.07, 6.45) is 5.49. The highest BCUT2D eigenvalue weighted by Gasteiger charge is 2.47. The molecule has 0 spiro atoms. The monoisotopic (exact) mass is 284 g/mol. The van der Waals surface area contributed by atoms with E-state index >= 15 is 0 Å². The number of H-pyrrole nitrogens is 1. The van der Waals surface area contributed by atoms with Gasteiger partial charge in [0, 0.05) is 30.2 Å². The van der Waals surface area contributed by atoms with Crippen LogP contribution in [0.5, 0.6) is 0 Å². The number of para-hydroxylation sites is 1. The highest BCUT2D eigenvalue weighted by Crippen LogP contribution is 2.43. The van der Waals surface area contributed by atoms with Crippen molar-refractivity contribution < 1.29 is 9.90 Å². The van der Waals surface area contributed by atoms with Crippen LogP contribution in [-0.4, -0.2) is 33.5 Å². The first-order chi connectivity index (χ1) is 10.2. The third-order valence-electron chi connectivity index (χ3n) is 5.29. The van der Waals surface area contributed by atoms with Crippen molar-refractivity contribution in [1.29, 1.82) is 0 Å². The number of rotatable bonds is 3. The molecule has 0 bridgehead atoms. The lowest BCUT2D eigenvalue weighted by Crippen LogP contribution is -2.39. The Morgan fingerprint density at radius 2 is 2.19 bits per heavy atom. The fourth-order valence-electron chi connectivity index (χ4n) is 4.38. The SMILES string of the molecule is O=C(O)C1C2CCCC2CN1Cc1c[nH]c2ccccc12. The zero-order valence-corrected chi connectivity index (χ0v) is 12.0. The molecule has 4 heteroatoms. The molecule has 1 aromatic heterocycles. The van der Waals surface area contributed by atoms with Gasteiger partial charge in [-0.25, -0.2) is 0 Å². The maximum absolute atomic E-state index is 11.7. The van der Waals surface area contributed by atoms with Gasteiger partial charge in [0.15, 0.2) is 0 Å². The van der Waals surface area contributed by atoms with Gasteiger partial charge in [0.25, 0.3) is 0 Å². The summed E-state index contributed by atoms with van der Waals surface area (Å²) in [5, 5.41) is 10.8. The van der Waals surface area contributed by atoms with Crippen LogP contribution in [0.15, 0.2) is 30.5 Å². The number of benzene rings is 1. The summed E-state index contributed by atoms with van der Waals surface area (Å²) in [6, 6.07) is 7.92. The maximum Gasteiger partial charge on any atom is 0.321 e. The van der Waals surface area contributed by atoms with Crippen molar-refractivity contribution in [2.24, 2.45) is 11.8 Å². The molecule has 1 saturated heterocycles. The average molecular weight is 284 g/mol. The topological polar surface area (TPSA) is 56.3 Å². The molecule has 3 atom stereocenters. The van der Waals surface area contributed by atoms with Crippen LogP contribution in [0.4, 0.5) is 0 Å². The van der Waals surface area contributed by atoms with Gasteiger partial charge in [-0.2, -0.15) is 0 Å². The lowest BCUT2D eigenvalue weighted by Gasteiger charge is -2.23. The summed E-state index contributed by atoms with van der Waals surface area (Å²) < 4.78 is 0. The molecule has 0 amide bonds. The predicted octanol–water partition coefficient (Wildman–Crippen LogP) is 2.85. The highest BCUT2D eigenvalue weighted by atomic mass is 16.4. The van der Waals surface area contributed by atoms with Crippen LogP contribution in [0, 0.1) is 11.8 Å². The number of carboxylic acid groups (broad SMARTS) is 1. The Labute approximate surface area is 123 Å². The van der Waals surface area contributed by atoms with E-state index in [1.54, 1.807) is 0 Å². The van der Waals surface area contributed by atoms with Crippen LogP contribution in [0.2, 0.25) is 0 Å². The van der Waals surface area contributed by atoms with Crippen molar-refractivity contribution in [3.8, 4) is 0 Å². The van der Waals surface area contributed by atoms with Crippen molar-refractivity contribution in [2.45, 2.75) is 31.8 Å². The molecule has 4 rings (SSSR count). The Morgan fingerprint density at radius 3 is 3.05 bits per heavy atom. The van der Waals surface area contributed by atoms with E-state index in [0.29, 0.717) is 11.8 Å². The average Bonchev–Trinajstić information content (AvgIpc) is 3.13. The van der Waals surface area contributed by atoms with E-state index in [-0.39, 0.29) is 6.04 Å². The number of fused-ring (bicyclic) bond motifs is 2. The molecule has 1 aliphatic carbocycles. The number of carboxylic acids is 1.